The topological polar surface area (TPSA) is 41.9 Å². The van der Waals surface area contributed by atoms with Crippen molar-refractivity contribution < 1.29 is 14.6 Å². The van der Waals surface area contributed by atoms with Crippen LogP contribution in [0.1, 0.15) is 6.92 Å². The summed E-state index contributed by atoms with van der Waals surface area (Å²) in [4.78, 5) is 2.15. The van der Waals surface area contributed by atoms with Gasteiger partial charge in [-0.05, 0) is 31.2 Å². The summed E-state index contributed by atoms with van der Waals surface area (Å²) in [5.74, 6) is 0.887. The molecule has 0 aromatic heterocycles. The van der Waals surface area contributed by atoms with Gasteiger partial charge in [0.05, 0.1) is 31.8 Å². The van der Waals surface area contributed by atoms with Gasteiger partial charge in [-0.3, -0.25) is 0 Å². The molecular weight excluding hydrogens is 230 g/mol. The van der Waals surface area contributed by atoms with Gasteiger partial charge in [0.2, 0.25) is 0 Å². The van der Waals surface area contributed by atoms with Crippen LogP contribution < -0.4 is 9.64 Å². The molecule has 1 aromatic rings. The van der Waals surface area contributed by atoms with Gasteiger partial charge < -0.3 is 19.5 Å². The molecule has 1 saturated heterocycles. The molecule has 100 valence electrons. The van der Waals surface area contributed by atoms with Gasteiger partial charge in [-0.2, -0.15) is 0 Å². The highest BCUT2D eigenvalue weighted by Crippen LogP contribution is 2.29. The van der Waals surface area contributed by atoms with Gasteiger partial charge in [0.15, 0.2) is 0 Å². The van der Waals surface area contributed by atoms with E-state index < -0.39 is 0 Å². The number of nitrogens with zero attached hydrogens (tertiary/aromatic N) is 1. The Labute approximate surface area is 108 Å². The number of hydrogen-bond acceptors (Lipinski definition) is 4. The molecule has 0 atom stereocenters. The van der Waals surface area contributed by atoms with Crippen LogP contribution in [-0.2, 0) is 4.74 Å². The Morgan fingerprint density at radius 1 is 1.33 bits per heavy atom. The fourth-order valence-corrected chi connectivity index (χ4v) is 2.18. The lowest BCUT2D eigenvalue weighted by atomic mass is 9.86. The molecule has 1 aliphatic rings. The predicted octanol–water partition coefficient (Wildman–Crippen LogP) is 1.53. The van der Waals surface area contributed by atoms with E-state index in [1.807, 2.05) is 38.2 Å². The summed E-state index contributed by atoms with van der Waals surface area (Å²) < 4.78 is 10.6. The highest BCUT2D eigenvalue weighted by atomic mass is 16.5. The average Bonchev–Trinajstić information content (AvgIpc) is 2.35. The first kappa shape index (κ1) is 13.2. The van der Waals surface area contributed by atoms with Crippen LogP contribution >= 0.6 is 0 Å². The maximum Gasteiger partial charge on any atom is 0.119 e. The summed E-state index contributed by atoms with van der Waals surface area (Å²) >= 11 is 0. The van der Waals surface area contributed by atoms with E-state index in [-0.39, 0.29) is 12.0 Å². The monoisotopic (exact) mass is 251 g/mol. The molecule has 1 N–H and O–H groups in total. The largest absolute Gasteiger partial charge is 0.494 e. The van der Waals surface area contributed by atoms with Crippen molar-refractivity contribution in [1.82, 2.24) is 0 Å². The fraction of sp³-hybridized carbons (Fsp3) is 0.571. The minimum atomic E-state index is -0.0899. The molecule has 1 fully saturated rings. The van der Waals surface area contributed by atoms with Crippen molar-refractivity contribution in [2.75, 3.05) is 44.9 Å². The van der Waals surface area contributed by atoms with Crippen LogP contribution in [-0.4, -0.2) is 45.1 Å². The third-order valence-electron chi connectivity index (χ3n) is 3.31. The molecule has 4 nitrogen and oxygen atoms in total. The average molecular weight is 251 g/mol. The molecule has 0 amide bonds. The summed E-state index contributed by atoms with van der Waals surface area (Å²) in [5, 5.41) is 9.42. The van der Waals surface area contributed by atoms with Crippen LogP contribution in [0.2, 0.25) is 0 Å². The number of anilines is 1. The molecule has 0 unspecified atom stereocenters. The maximum absolute atomic E-state index is 9.42. The zero-order valence-corrected chi connectivity index (χ0v) is 11.1. The molecule has 1 aliphatic heterocycles. The van der Waals surface area contributed by atoms with Gasteiger partial charge in [-0.15, -0.1) is 0 Å². The normalized spacial score (nSPS) is 17.1. The minimum absolute atomic E-state index is 0.0899. The molecule has 1 aromatic carbocycles. The second-order valence-corrected chi connectivity index (χ2v) is 4.93. The van der Waals surface area contributed by atoms with Crippen molar-refractivity contribution in [3.63, 3.8) is 0 Å². The Morgan fingerprint density at radius 3 is 2.44 bits per heavy atom. The van der Waals surface area contributed by atoms with E-state index in [2.05, 4.69) is 4.90 Å². The van der Waals surface area contributed by atoms with E-state index >= 15 is 0 Å². The van der Waals surface area contributed by atoms with Gasteiger partial charge in [-0.1, -0.05) is 0 Å². The first-order chi connectivity index (χ1) is 8.69. The van der Waals surface area contributed by atoms with E-state index in [0.717, 1.165) is 18.0 Å². The van der Waals surface area contributed by atoms with Gasteiger partial charge in [0.1, 0.15) is 5.75 Å². The summed E-state index contributed by atoms with van der Waals surface area (Å²) in [7, 11) is 2.03. The molecule has 0 spiro atoms. The van der Waals surface area contributed by atoms with Crippen LogP contribution in [0.15, 0.2) is 24.3 Å². The summed E-state index contributed by atoms with van der Waals surface area (Å²) in [5.41, 5.74) is 1.03. The van der Waals surface area contributed by atoms with Crippen molar-refractivity contribution >= 4 is 5.69 Å². The lowest BCUT2D eigenvalue weighted by Crippen LogP contribution is -2.52. The van der Waals surface area contributed by atoms with Crippen LogP contribution in [0.3, 0.4) is 0 Å². The SMILES string of the molecule is CCOc1ccc(N(C)CC2(CO)COC2)cc1. The van der Waals surface area contributed by atoms with Crippen LogP contribution in [0.5, 0.6) is 5.75 Å². The highest BCUT2D eigenvalue weighted by Gasteiger charge is 2.39. The van der Waals surface area contributed by atoms with Gasteiger partial charge in [0.25, 0.3) is 0 Å². The molecular formula is C14H21NO3. The Hall–Kier alpha value is -1.26. The zero-order chi connectivity index (χ0) is 13.0. The van der Waals surface area contributed by atoms with Gasteiger partial charge in [0, 0.05) is 19.3 Å². The Morgan fingerprint density at radius 2 is 2.00 bits per heavy atom. The number of benzene rings is 1. The molecule has 0 saturated carbocycles. The molecule has 4 heteroatoms. The third-order valence-corrected chi connectivity index (χ3v) is 3.31. The van der Waals surface area contributed by atoms with Crippen molar-refractivity contribution in [1.29, 1.82) is 0 Å². The van der Waals surface area contributed by atoms with Crippen molar-refractivity contribution in [3.8, 4) is 5.75 Å². The van der Waals surface area contributed by atoms with Crippen LogP contribution in [0.4, 0.5) is 5.69 Å². The van der Waals surface area contributed by atoms with Crippen molar-refractivity contribution in [3.05, 3.63) is 24.3 Å². The fourth-order valence-electron chi connectivity index (χ4n) is 2.18. The predicted molar refractivity (Wildman–Crippen MR) is 71.2 cm³/mol. The number of aliphatic hydroxyl groups is 1. The third kappa shape index (κ3) is 2.76. The lowest BCUT2D eigenvalue weighted by molar-refractivity contribution is -0.130. The second kappa shape index (κ2) is 5.59. The molecule has 1 heterocycles. The number of ether oxygens (including phenoxy) is 2. The Bertz CT molecular complexity index is 368. The molecule has 2 rings (SSSR count). The van der Waals surface area contributed by atoms with E-state index in [4.69, 9.17) is 9.47 Å². The van der Waals surface area contributed by atoms with E-state index in [0.29, 0.717) is 19.8 Å². The van der Waals surface area contributed by atoms with Crippen LogP contribution in [0, 0.1) is 5.41 Å². The maximum atomic E-state index is 9.42. The van der Waals surface area contributed by atoms with E-state index in [1.54, 1.807) is 0 Å². The number of rotatable bonds is 6. The molecule has 18 heavy (non-hydrogen) atoms. The molecule has 0 radical (unpaired) electrons. The lowest BCUT2D eigenvalue weighted by Gasteiger charge is -2.42. The quantitative estimate of drug-likeness (QED) is 0.832. The van der Waals surface area contributed by atoms with E-state index in [9.17, 15) is 5.11 Å². The van der Waals surface area contributed by atoms with Crippen molar-refractivity contribution in [2.24, 2.45) is 5.41 Å². The first-order valence-electron chi connectivity index (χ1n) is 6.32. The Kier molecular flexibility index (Phi) is 4.09. The number of aliphatic hydroxyl groups excluding tert-OH is 1. The molecule has 0 aliphatic carbocycles. The summed E-state index contributed by atoms with van der Waals surface area (Å²) in [6.07, 6.45) is 0. The first-order valence-corrected chi connectivity index (χ1v) is 6.32. The van der Waals surface area contributed by atoms with E-state index in [1.165, 1.54) is 0 Å². The van der Waals surface area contributed by atoms with Crippen LogP contribution in [0.25, 0.3) is 0 Å². The smallest absolute Gasteiger partial charge is 0.119 e. The highest BCUT2D eigenvalue weighted by molar-refractivity contribution is 5.48. The minimum Gasteiger partial charge on any atom is -0.494 e. The second-order valence-electron chi connectivity index (χ2n) is 4.93. The summed E-state index contributed by atoms with van der Waals surface area (Å²) in [6.45, 7) is 4.92. The van der Waals surface area contributed by atoms with Gasteiger partial charge in [-0.25, -0.2) is 0 Å². The summed E-state index contributed by atoms with van der Waals surface area (Å²) in [6, 6.07) is 8.02. The zero-order valence-electron chi connectivity index (χ0n) is 11.1. The standard InChI is InChI=1S/C14H21NO3/c1-3-18-13-6-4-12(5-7-13)15(2)8-14(9-16)10-17-11-14/h4-7,16H,3,8-11H2,1-2H3. The number of hydrogen-bond donors (Lipinski definition) is 1. The Balaban J connectivity index is 1.97. The molecule has 0 bridgehead atoms. The van der Waals surface area contributed by atoms with Gasteiger partial charge >= 0.3 is 0 Å². The van der Waals surface area contributed by atoms with Crippen molar-refractivity contribution in [2.45, 2.75) is 6.92 Å².